The molecule has 0 spiro atoms. The second-order valence-electron chi connectivity index (χ2n) is 10.2. The van der Waals surface area contributed by atoms with Crippen LogP contribution in [0.2, 0.25) is 0 Å². The van der Waals surface area contributed by atoms with E-state index in [0.29, 0.717) is 11.4 Å². The summed E-state index contributed by atoms with van der Waals surface area (Å²) in [7, 11) is 0. The van der Waals surface area contributed by atoms with Crippen molar-refractivity contribution >= 4 is 29.6 Å². The minimum absolute atomic E-state index is 0.151. The van der Waals surface area contributed by atoms with Gasteiger partial charge in [0.15, 0.2) is 6.61 Å². The third-order valence-corrected chi connectivity index (χ3v) is 7.82. The van der Waals surface area contributed by atoms with Crippen molar-refractivity contribution in [1.29, 1.82) is 0 Å². The largest absolute Gasteiger partial charge is 0.484 e. The lowest BCUT2D eigenvalue weighted by molar-refractivity contribution is -0.140. The summed E-state index contributed by atoms with van der Waals surface area (Å²) in [6.45, 7) is 3.73. The molecule has 8 nitrogen and oxygen atoms in total. The number of halogens is 1. The first kappa shape index (κ1) is 24.8. The number of fused-ring (bicyclic) bond motifs is 5. The van der Waals surface area contributed by atoms with Gasteiger partial charge in [-0.3, -0.25) is 14.4 Å². The lowest BCUT2D eigenvalue weighted by Gasteiger charge is -2.13. The van der Waals surface area contributed by atoms with Gasteiger partial charge in [-0.05, 0) is 86.7 Å². The molecule has 1 aromatic heterocycles. The van der Waals surface area contributed by atoms with Crippen LogP contribution < -0.4 is 10.1 Å². The van der Waals surface area contributed by atoms with Gasteiger partial charge in [0.1, 0.15) is 11.6 Å². The van der Waals surface area contributed by atoms with Crippen LogP contribution in [0, 0.1) is 43.3 Å². The SMILES string of the molecule is Cc1cc(C=NN2C(=O)[C@@H]3[C@H](C2=O)[C@H]2C=C[C@H]3C2)c(C)n1-c1ccc(OCC(=O)Nc2ccc(F)cc2)cc1. The van der Waals surface area contributed by atoms with Gasteiger partial charge in [-0.25, -0.2) is 4.39 Å². The van der Waals surface area contributed by atoms with Gasteiger partial charge in [0.25, 0.3) is 17.7 Å². The molecule has 9 heteroatoms. The number of carbonyl (C=O) groups is 3. The van der Waals surface area contributed by atoms with Crippen LogP contribution in [0.15, 0.2) is 71.9 Å². The van der Waals surface area contributed by atoms with E-state index in [9.17, 15) is 18.8 Å². The van der Waals surface area contributed by atoms with E-state index in [-0.39, 0.29) is 53.8 Å². The third-order valence-electron chi connectivity index (χ3n) is 7.82. The molecule has 2 heterocycles. The second-order valence-corrected chi connectivity index (χ2v) is 10.2. The average molecular weight is 527 g/mol. The number of nitrogens with one attached hydrogen (secondary N) is 1. The highest BCUT2D eigenvalue weighted by molar-refractivity contribution is 6.06. The van der Waals surface area contributed by atoms with E-state index in [0.717, 1.165) is 34.1 Å². The van der Waals surface area contributed by atoms with Crippen LogP contribution >= 0.6 is 0 Å². The van der Waals surface area contributed by atoms with Gasteiger partial charge >= 0.3 is 0 Å². The molecule has 39 heavy (non-hydrogen) atoms. The summed E-state index contributed by atoms with van der Waals surface area (Å²) in [6, 6.07) is 14.8. The quantitative estimate of drug-likeness (QED) is 0.281. The molecule has 3 aliphatic rings. The third kappa shape index (κ3) is 4.43. The minimum Gasteiger partial charge on any atom is -0.484 e. The molecule has 198 valence electrons. The number of hydrazone groups is 1. The van der Waals surface area contributed by atoms with Crippen molar-refractivity contribution < 1.29 is 23.5 Å². The molecule has 1 saturated carbocycles. The number of hydrogen-bond donors (Lipinski definition) is 1. The van der Waals surface area contributed by atoms with Crippen LogP contribution in [0.5, 0.6) is 5.75 Å². The summed E-state index contributed by atoms with van der Waals surface area (Å²) in [5.41, 5.74) is 4.05. The van der Waals surface area contributed by atoms with E-state index in [4.69, 9.17) is 4.74 Å². The number of allylic oxidation sites excluding steroid dienone is 2. The highest BCUT2D eigenvalue weighted by atomic mass is 19.1. The first-order valence-electron chi connectivity index (χ1n) is 12.9. The van der Waals surface area contributed by atoms with Crippen molar-refractivity contribution in [3.63, 3.8) is 0 Å². The number of carbonyl (C=O) groups excluding carboxylic acids is 3. The van der Waals surface area contributed by atoms with Gasteiger partial charge in [0, 0.05) is 28.3 Å². The van der Waals surface area contributed by atoms with Crippen LogP contribution in [-0.4, -0.2) is 40.1 Å². The monoisotopic (exact) mass is 526 g/mol. The number of aromatic nitrogens is 1. The maximum atomic E-state index is 13.0. The van der Waals surface area contributed by atoms with E-state index in [1.807, 2.05) is 36.6 Å². The van der Waals surface area contributed by atoms with Crippen LogP contribution in [-0.2, 0) is 14.4 Å². The standard InChI is InChI=1S/C30H27FN4O4/c1-17-13-21(15-32-35-29(37)27-19-3-4-20(14-19)28(27)30(35)38)18(2)34(17)24-9-11-25(12-10-24)39-16-26(36)33-23-7-5-22(31)6-8-23/h3-13,15,19-20,27-28H,14,16H2,1-2H3,(H,33,36)/t19-,20-,27-,28+/m0/s1. The Labute approximate surface area is 224 Å². The fourth-order valence-electron chi connectivity index (χ4n) is 6.01. The Morgan fingerprint density at radius 1 is 1.03 bits per heavy atom. The van der Waals surface area contributed by atoms with Crippen LogP contribution in [0.3, 0.4) is 0 Å². The van der Waals surface area contributed by atoms with Gasteiger partial charge in [0.05, 0.1) is 18.1 Å². The summed E-state index contributed by atoms with van der Waals surface area (Å²) in [4.78, 5) is 38.0. The van der Waals surface area contributed by atoms with E-state index in [1.165, 1.54) is 24.3 Å². The van der Waals surface area contributed by atoms with Crippen molar-refractivity contribution in [3.05, 3.63) is 89.5 Å². The van der Waals surface area contributed by atoms with Gasteiger partial charge in [-0.1, -0.05) is 12.2 Å². The number of nitrogens with zero attached hydrogens (tertiary/aromatic N) is 3. The molecule has 1 N–H and O–H groups in total. The number of imide groups is 1. The Balaban J connectivity index is 1.11. The van der Waals surface area contributed by atoms with Crippen molar-refractivity contribution in [1.82, 2.24) is 9.58 Å². The summed E-state index contributed by atoms with van der Waals surface area (Å²) in [5.74, 6) is -0.844. The number of anilines is 1. The van der Waals surface area contributed by atoms with Gasteiger partial charge in [-0.15, -0.1) is 0 Å². The summed E-state index contributed by atoms with van der Waals surface area (Å²) >= 11 is 0. The topological polar surface area (TPSA) is 93.0 Å². The number of ether oxygens (including phenoxy) is 1. The molecular weight excluding hydrogens is 499 g/mol. The van der Waals surface area contributed by atoms with E-state index in [2.05, 4.69) is 22.6 Å². The van der Waals surface area contributed by atoms with E-state index >= 15 is 0 Å². The maximum absolute atomic E-state index is 13.0. The Kier molecular flexibility index (Phi) is 6.13. The highest BCUT2D eigenvalue weighted by Gasteiger charge is 2.59. The van der Waals surface area contributed by atoms with Gasteiger partial charge < -0.3 is 14.6 Å². The zero-order chi connectivity index (χ0) is 27.3. The predicted molar refractivity (Wildman–Crippen MR) is 143 cm³/mol. The van der Waals surface area contributed by atoms with Gasteiger partial charge in [-0.2, -0.15) is 10.1 Å². The van der Waals surface area contributed by atoms with E-state index < -0.39 is 0 Å². The first-order valence-corrected chi connectivity index (χ1v) is 12.9. The molecule has 3 amide bonds. The molecule has 1 aliphatic heterocycles. The molecular formula is C30H27FN4O4. The molecule has 0 unspecified atom stereocenters. The van der Waals surface area contributed by atoms with Crippen molar-refractivity contribution in [3.8, 4) is 11.4 Å². The number of benzene rings is 2. The molecule has 0 radical (unpaired) electrons. The summed E-state index contributed by atoms with van der Waals surface area (Å²) in [5, 5.41) is 8.04. The van der Waals surface area contributed by atoms with Crippen LogP contribution in [0.4, 0.5) is 10.1 Å². The average Bonchev–Trinajstić information content (AvgIpc) is 3.67. The number of rotatable bonds is 7. The normalized spacial score (nSPS) is 23.2. The van der Waals surface area contributed by atoms with Crippen molar-refractivity contribution in [2.24, 2.45) is 28.8 Å². The van der Waals surface area contributed by atoms with Crippen LogP contribution in [0.25, 0.3) is 5.69 Å². The lowest BCUT2D eigenvalue weighted by atomic mass is 9.85. The zero-order valence-electron chi connectivity index (χ0n) is 21.5. The summed E-state index contributed by atoms with van der Waals surface area (Å²) in [6.07, 6.45) is 6.61. The molecule has 2 bridgehead atoms. The zero-order valence-corrected chi connectivity index (χ0v) is 21.5. The fraction of sp³-hybridized carbons (Fsp3) is 0.267. The number of aryl methyl sites for hydroxylation is 1. The Morgan fingerprint density at radius 2 is 1.67 bits per heavy atom. The molecule has 1 saturated heterocycles. The second kappa shape index (κ2) is 9.65. The van der Waals surface area contributed by atoms with Crippen molar-refractivity contribution in [2.45, 2.75) is 20.3 Å². The molecule has 2 fully saturated rings. The predicted octanol–water partition coefficient (Wildman–Crippen LogP) is 4.39. The minimum atomic E-state index is -0.375. The Hall–Kier alpha value is -4.53. The van der Waals surface area contributed by atoms with Gasteiger partial charge in [0.2, 0.25) is 0 Å². The number of amides is 3. The molecule has 2 aliphatic carbocycles. The Bertz CT molecular complexity index is 1490. The smallest absolute Gasteiger partial charge is 0.262 e. The summed E-state index contributed by atoms with van der Waals surface area (Å²) < 4.78 is 20.7. The highest BCUT2D eigenvalue weighted by Crippen LogP contribution is 2.52. The number of hydrogen-bond acceptors (Lipinski definition) is 5. The maximum Gasteiger partial charge on any atom is 0.262 e. The fourth-order valence-corrected chi connectivity index (χ4v) is 6.01. The lowest BCUT2D eigenvalue weighted by Crippen LogP contribution is -2.28. The van der Waals surface area contributed by atoms with E-state index in [1.54, 1.807) is 18.3 Å². The Morgan fingerprint density at radius 3 is 2.31 bits per heavy atom. The molecule has 4 atom stereocenters. The first-order chi connectivity index (χ1) is 18.8. The molecule has 3 aromatic rings. The van der Waals surface area contributed by atoms with Crippen LogP contribution in [0.1, 0.15) is 23.4 Å². The molecule has 6 rings (SSSR count). The molecule has 2 aromatic carbocycles. The van der Waals surface area contributed by atoms with Crippen molar-refractivity contribution in [2.75, 3.05) is 11.9 Å².